The number of hydrogen-bond acceptors (Lipinski definition) is 5. The number of carbonyl (C=O) groups excluding carboxylic acids is 1. The maximum atomic E-state index is 13.7. The molecule has 2 aromatic heterocycles. The number of aromatic nitrogens is 4. The van der Waals surface area contributed by atoms with E-state index in [0.29, 0.717) is 32.0 Å². The molecule has 8 nitrogen and oxygen atoms in total. The molecule has 3 aromatic rings. The van der Waals surface area contributed by atoms with E-state index in [0.717, 1.165) is 24.0 Å². The van der Waals surface area contributed by atoms with Gasteiger partial charge >= 0.3 is 6.03 Å². The number of rotatable bonds is 3. The van der Waals surface area contributed by atoms with Gasteiger partial charge in [-0.15, -0.1) is 0 Å². The zero-order chi connectivity index (χ0) is 19.5. The van der Waals surface area contributed by atoms with Crippen molar-refractivity contribution < 1.29 is 13.6 Å². The van der Waals surface area contributed by atoms with E-state index in [1.807, 2.05) is 11.0 Å². The Bertz CT molecular complexity index is 972. The summed E-state index contributed by atoms with van der Waals surface area (Å²) >= 11 is 0. The third kappa shape index (κ3) is 3.75. The van der Waals surface area contributed by atoms with Gasteiger partial charge in [-0.3, -0.25) is 4.57 Å². The summed E-state index contributed by atoms with van der Waals surface area (Å²) in [5, 5.41) is 2.42. The quantitative estimate of drug-likeness (QED) is 0.748. The Morgan fingerprint density at radius 3 is 2.57 bits per heavy atom. The third-order valence-corrected chi connectivity index (χ3v) is 4.47. The molecule has 1 aliphatic heterocycles. The molecule has 0 radical (unpaired) electrons. The highest BCUT2D eigenvalue weighted by Gasteiger charge is 2.23. The number of imidazole rings is 1. The van der Waals surface area contributed by atoms with Crippen molar-refractivity contribution in [1.29, 1.82) is 0 Å². The van der Waals surface area contributed by atoms with E-state index in [9.17, 15) is 13.6 Å². The highest BCUT2D eigenvalue weighted by molar-refractivity contribution is 5.89. The van der Waals surface area contributed by atoms with Gasteiger partial charge in [0.1, 0.15) is 35.9 Å². The Morgan fingerprint density at radius 1 is 1.04 bits per heavy atom. The first kappa shape index (κ1) is 17.8. The van der Waals surface area contributed by atoms with Gasteiger partial charge in [-0.2, -0.15) is 0 Å². The van der Waals surface area contributed by atoms with Crippen molar-refractivity contribution in [2.45, 2.75) is 0 Å². The second-order valence-corrected chi connectivity index (χ2v) is 6.23. The lowest BCUT2D eigenvalue weighted by atomic mass is 10.3. The SMILES string of the molecule is O=C(Nc1cc(F)ccc1F)N1CCN(c2cc(-n3ccnc3)ncn2)CC1. The van der Waals surface area contributed by atoms with Crippen LogP contribution in [0.5, 0.6) is 0 Å². The Labute approximate surface area is 159 Å². The van der Waals surface area contributed by atoms with Crippen LogP contribution in [-0.2, 0) is 0 Å². The maximum Gasteiger partial charge on any atom is 0.322 e. The fourth-order valence-electron chi connectivity index (χ4n) is 2.97. The second-order valence-electron chi connectivity index (χ2n) is 6.23. The Morgan fingerprint density at radius 2 is 1.82 bits per heavy atom. The predicted octanol–water partition coefficient (Wildman–Crippen LogP) is 2.29. The minimum atomic E-state index is -0.679. The minimum absolute atomic E-state index is 0.173. The summed E-state index contributed by atoms with van der Waals surface area (Å²) in [6.07, 6.45) is 6.59. The first-order valence-electron chi connectivity index (χ1n) is 8.66. The Kier molecular flexibility index (Phi) is 4.83. The lowest BCUT2D eigenvalue weighted by Gasteiger charge is -2.35. The summed E-state index contributed by atoms with van der Waals surface area (Å²) in [7, 11) is 0. The summed E-state index contributed by atoms with van der Waals surface area (Å²) in [6.45, 7) is 1.96. The van der Waals surface area contributed by atoms with Crippen molar-refractivity contribution in [3.05, 3.63) is 60.9 Å². The summed E-state index contributed by atoms with van der Waals surface area (Å²) in [5.74, 6) is 0.152. The molecule has 0 unspecified atom stereocenters. The molecule has 1 saturated heterocycles. The first-order valence-corrected chi connectivity index (χ1v) is 8.66. The van der Waals surface area contributed by atoms with Crippen molar-refractivity contribution in [2.75, 3.05) is 36.4 Å². The van der Waals surface area contributed by atoms with Crippen LogP contribution in [0.4, 0.5) is 25.1 Å². The molecular weight excluding hydrogens is 368 g/mol. The summed E-state index contributed by atoms with van der Waals surface area (Å²) in [5.41, 5.74) is -0.173. The molecule has 144 valence electrons. The topological polar surface area (TPSA) is 79.2 Å². The molecule has 1 aromatic carbocycles. The van der Waals surface area contributed by atoms with E-state index in [-0.39, 0.29) is 5.69 Å². The van der Waals surface area contributed by atoms with Crippen LogP contribution < -0.4 is 10.2 Å². The van der Waals surface area contributed by atoms with Crippen LogP contribution in [0, 0.1) is 11.6 Å². The van der Waals surface area contributed by atoms with Gasteiger partial charge in [0.25, 0.3) is 0 Å². The van der Waals surface area contributed by atoms with Crippen LogP contribution in [0.15, 0.2) is 49.3 Å². The average Bonchev–Trinajstić information content (AvgIpc) is 3.26. The highest BCUT2D eigenvalue weighted by Crippen LogP contribution is 2.18. The van der Waals surface area contributed by atoms with Crippen molar-refractivity contribution in [3.63, 3.8) is 0 Å². The van der Waals surface area contributed by atoms with Crippen molar-refractivity contribution in [3.8, 4) is 5.82 Å². The zero-order valence-corrected chi connectivity index (χ0v) is 14.8. The van der Waals surface area contributed by atoms with Crippen LogP contribution in [-0.4, -0.2) is 56.6 Å². The molecule has 2 amide bonds. The first-order chi connectivity index (χ1) is 13.6. The number of benzene rings is 1. The van der Waals surface area contributed by atoms with Gasteiger partial charge in [0.2, 0.25) is 0 Å². The molecule has 10 heteroatoms. The molecule has 1 aliphatic rings. The number of amides is 2. The van der Waals surface area contributed by atoms with E-state index in [1.54, 1.807) is 28.2 Å². The van der Waals surface area contributed by atoms with Gasteiger partial charge in [0.15, 0.2) is 0 Å². The molecular formula is C18H17F2N7O. The number of halogens is 2. The highest BCUT2D eigenvalue weighted by atomic mass is 19.1. The Balaban J connectivity index is 1.39. The Hall–Kier alpha value is -3.56. The van der Waals surface area contributed by atoms with Crippen LogP contribution in [0.3, 0.4) is 0 Å². The minimum Gasteiger partial charge on any atom is -0.353 e. The summed E-state index contributed by atoms with van der Waals surface area (Å²) < 4.78 is 28.7. The van der Waals surface area contributed by atoms with Gasteiger partial charge in [-0.05, 0) is 12.1 Å². The lowest BCUT2D eigenvalue weighted by Crippen LogP contribution is -2.50. The van der Waals surface area contributed by atoms with Crippen molar-refractivity contribution in [1.82, 2.24) is 24.4 Å². The van der Waals surface area contributed by atoms with E-state index in [4.69, 9.17) is 0 Å². The van der Waals surface area contributed by atoms with Crippen LogP contribution in [0.1, 0.15) is 0 Å². The fraction of sp³-hybridized carbons (Fsp3) is 0.222. The monoisotopic (exact) mass is 385 g/mol. The van der Waals surface area contributed by atoms with E-state index in [2.05, 4.69) is 20.3 Å². The van der Waals surface area contributed by atoms with Crippen LogP contribution in [0.2, 0.25) is 0 Å². The molecule has 0 spiro atoms. The molecule has 0 atom stereocenters. The number of anilines is 2. The van der Waals surface area contributed by atoms with Gasteiger partial charge in [-0.1, -0.05) is 0 Å². The zero-order valence-electron chi connectivity index (χ0n) is 14.8. The fourth-order valence-corrected chi connectivity index (χ4v) is 2.97. The van der Waals surface area contributed by atoms with Gasteiger partial charge in [0.05, 0.1) is 5.69 Å². The molecule has 3 heterocycles. The summed E-state index contributed by atoms with van der Waals surface area (Å²) in [4.78, 5) is 28.5. The predicted molar refractivity (Wildman–Crippen MR) is 98.3 cm³/mol. The molecule has 4 rings (SSSR count). The largest absolute Gasteiger partial charge is 0.353 e. The van der Waals surface area contributed by atoms with Gasteiger partial charge < -0.3 is 15.1 Å². The number of urea groups is 1. The number of carbonyl (C=O) groups is 1. The molecule has 28 heavy (non-hydrogen) atoms. The van der Waals surface area contributed by atoms with Crippen LogP contribution in [0.25, 0.3) is 5.82 Å². The van der Waals surface area contributed by atoms with E-state index < -0.39 is 17.7 Å². The smallest absolute Gasteiger partial charge is 0.322 e. The molecule has 1 N–H and O–H groups in total. The second kappa shape index (κ2) is 7.59. The van der Waals surface area contributed by atoms with Crippen molar-refractivity contribution >= 4 is 17.5 Å². The standard InChI is InChI=1S/C18H17F2N7O/c19-13-1-2-14(20)15(9-13)24-18(28)26-7-5-25(6-8-26)16-10-17(23-11-22-16)27-4-3-21-12-27/h1-4,9-12H,5-8H2,(H,24,28). The lowest BCUT2D eigenvalue weighted by molar-refractivity contribution is 0.208. The number of nitrogens with zero attached hydrogens (tertiary/aromatic N) is 6. The molecule has 0 aliphatic carbocycles. The van der Waals surface area contributed by atoms with Crippen LogP contribution >= 0.6 is 0 Å². The maximum absolute atomic E-state index is 13.7. The van der Waals surface area contributed by atoms with E-state index >= 15 is 0 Å². The number of hydrogen-bond donors (Lipinski definition) is 1. The number of piperazine rings is 1. The molecule has 1 fully saturated rings. The van der Waals surface area contributed by atoms with E-state index in [1.165, 1.54) is 6.33 Å². The molecule has 0 saturated carbocycles. The summed E-state index contributed by atoms with van der Waals surface area (Å²) in [6, 6.07) is 4.33. The molecule has 0 bridgehead atoms. The normalized spacial score (nSPS) is 14.2. The third-order valence-electron chi connectivity index (χ3n) is 4.47. The average molecular weight is 385 g/mol. The van der Waals surface area contributed by atoms with Gasteiger partial charge in [-0.25, -0.2) is 28.5 Å². The van der Waals surface area contributed by atoms with Gasteiger partial charge in [0, 0.05) is 50.7 Å². The number of nitrogens with one attached hydrogen (secondary N) is 1. The van der Waals surface area contributed by atoms with Crippen molar-refractivity contribution in [2.24, 2.45) is 0 Å².